The molecule has 0 aliphatic rings. The van der Waals surface area contributed by atoms with Crippen LogP contribution in [0.4, 0.5) is 0 Å². The molecular weight excluding hydrogens is 544 g/mol. The van der Waals surface area contributed by atoms with Crippen molar-refractivity contribution in [3.05, 3.63) is 0 Å². The highest BCUT2D eigenvalue weighted by molar-refractivity contribution is 14.0. The lowest BCUT2D eigenvalue weighted by molar-refractivity contribution is 1.09. The summed E-state index contributed by atoms with van der Waals surface area (Å²) in [7, 11) is 0. The van der Waals surface area contributed by atoms with Crippen LogP contribution in [0.2, 0.25) is 0 Å². The van der Waals surface area contributed by atoms with Crippen molar-refractivity contribution in [2.24, 2.45) is 0 Å². The van der Waals surface area contributed by atoms with Gasteiger partial charge in [-0.2, -0.15) is 0 Å². The third kappa shape index (κ3) is 50.1. The van der Waals surface area contributed by atoms with Crippen molar-refractivity contribution in [1.29, 1.82) is 0 Å². The fraction of sp³-hybridized carbons (Fsp3) is 1.00. The number of hydrogen-bond donors (Lipinski definition) is 0. The van der Waals surface area contributed by atoms with Gasteiger partial charge in [-0.3, -0.25) is 0 Å². The van der Waals surface area contributed by atoms with E-state index in [1.165, 1.54) is 6.42 Å². The molecule has 0 bridgehead atoms. The molecule has 0 aromatic rings. The highest BCUT2D eigenvalue weighted by Gasteiger charge is 1.35. The van der Waals surface area contributed by atoms with Crippen molar-refractivity contribution in [3.8, 4) is 0 Å². The minimum absolute atomic E-state index is 0. The Balaban J connectivity index is -0.00000000333. The van der Waals surface area contributed by atoms with Gasteiger partial charge < -0.3 is 0 Å². The molecule has 0 N–H and O–H groups in total. The molecule has 4 heteroatoms. The van der Waals surface area contributed by atoms with Gasteiger partial charge in [0.1, 0.15) is 0 Å². The van der Waals surface area contributed by atoms with Crippen LogP contribution in [0.1, 0.15) is 20.3 Å². The van der Waals surface area contributed by atoms with E-state index in [4.69, 9.17) is 0 Å². The second-order valence-electron chi connectivity index (χ2n) is 0.707. The average Bonchev–Trinajstić information content (AvgIpc) is 0.918. The van der Waals surface area contributed by atoms with Crippen LogP contribution in [0.15, 0.2) is 0 Å². The van der Waals surface area contributed by atoms with Crippen molar-refractivity contribution in [2.45, 2.75) is 20.3 Å². The molecule has 0 fully saturated rings. The lowest BCUT2D eigenvalue weighted by Crippen LogP contribution is -1.27. The fourth-order valence-electron chi connectivity index (χ4n) is 0. The molecule has 0 nitrogen and oxygen atoms in total. The Morgan fingerprint density at radius 1 is 0.714 bits per heavy atom. The molecule has 0 aliphatic carbocycles. The van der Waals surface area contributed by atoms with Gasteiger partial charge in [-0.15, -0.1) is 95.9 Å². The zero-order valence-corrected chi connectivity index (χ0v) is 13.7. The van der Waals surface area contributed by atoms with E-state index in [0.29, 0.717) is 0 Å². The van der Waals surface area contributed by atoms with Crippen LogP contribution >= 0.6 is 95.9 Å². The maximum atomic E-state index is 2.12. The molecule has 0 unspecified atom stereocenters. The molecule has 0 spiro atoms. The predicted molar refractivity (Wildman–Crippen MR) is 77.6 cm³/mol. The molecular formula is C3H12I4. The second kappa shape index (κ2) is 36.4. The topological polar surface area (TPSA) is 0 Å². The Morgan fingerprint density at radius 2 is 0.714 bits per heavy atom. The van der Waals surface area contributed by atoms with Crippen LogP contribution in [0, 0.1) is 0 Å². The SMILES string of the molecule is CCC.I.I.I.I. The molecule has 0 saturated carbocycles. The van der Waals surface area contributed by atoms with Crippen LogP contribution in [0.5, 0.6) is 0 Å². The lowest BCUT2D eigenvalue weighted by Gasteiger charge is -1.48. The van der Waals surface area contributed by atoms with E-state index in [9.17, 15) is 0 Å². The zero-order chi connectivity index (χ0) is 2.71. The Bertz CT molecular complexity index is 6.90. The maximum Gasteiger partial charge on any atom is -0.0590 e. The van der Waals surface area contributed by atoms with Gasteiger partial charge in [-0.05, 0) is 0 Å². The van der Waals surface area contributed by atoms with Crippen LogP contribution in [0.3, 0.4) is 0 Å². The fourth-order valence-corrected chi connectivity index (χ4v) is 0. The van der Waals surface area contributed by atoms with E-state index in [1.54, 1.807) is 0 Å². The van der Waals surface area contributed by atoms with Gasteiger partial charge in [-0.25, -0.2) is 0 Å². The van der Waals surface area contributed by atoms with Gasteiger partial charge in [0.15, 0.2) is 0 Å². The molecule has 52 valence electrons. The summed E-state index contributed by atoms with van der Waals surface area (Å²) in [5.74, 6) is 0. The maximum absolute atomic E-state index is 2.12. The second-order valence-corrected chi connectivity index (χ2v) is 0.707. The molecule has 7 heavy (non-hydrogen) atoms. The first-order chi connectivity index (χ1) is 1.41. The first-order valence-electron chi connectivity index (χ1n) is 1.41. The summed E-state index contributed by atoms with van der Waals surface area (Å²) in [6.45, 7) is 4.25. The van der Waals surface area contributed by atoms with Crippen molar-refractivity contribution >= 4 is 95.9 Å². The van der Waals surface area contributed by atoms with Gasteiger partial charge in [0.05, 0.1) is 0 Å². The Labute approximate surface area is 114 Å². The number of hydrogen-bond acceptors (Lipinski definition) is 0. The van der Waals surface area contributed by atoms with Gasteiger partial charge in [0.25, 0.3) is 0 Å². The highest BCUT2D eigenvalue weighted by atomic mass is 127. The first-order valence-corrected chi connectivity index (χ1v) is 1.41. The minimum Gasteiger partial charge on any atom is -0.107 e. The third-order valence-corrected chi connectivity index (χ3v) is 0. The Morgan fingerprint density at radius 3 is 0.714 bits per heavy atom. The van der Waals surface area contributed by atoms with Crippen LogP contribution < -0.4 is 0 Å². The van der Waals surface area contributed by atoms with Gasteiger partial charge in [0.2, 0.25) is 0 Å². The van der Waals surface area contributed by atoms with Gasteiger partial charge >= 0.3 is 0 Å². The summed E-state index contributed by atoms with van der Waals surface area (Å²) in [5.41, 5.74) is 0. The van der Waals surface area contributed by atoms with E-state index in [2.05, 4.69) is 13.8 Å². The number of halogens is 4. The molecule has 0 aliphatic heterocycles. The summed E-state index contributed by atoms with van der Waals surface area (Å²) < 4.78 is 0. The van der Waals surface area contributed by atoms with Crippen LogP contribution in [-0.2, 0) is 0 Å². The molecule has 0 aromatic carbocycles. The molecule has 0 saturated heterocycles. The van der Waals surface area contributed by atoms with Crippen molar-refractivity contribution in [3.63, 3.8) is 0 Å². The molecule has 0 heterocycles. The van der Waals surface area contributed by atoms with Gasteiger partial charge in [0, 0.05) is 0 Å². The van der Waals surface area contributed by atoms with Crippen LogP contribution in [-0.4, -0.2) is 0 Å². The molecule has 0 radical (unpaired) electrons. The summed E-state index contributed by atoms with van der Waals surface area (Å²) in [5, 5.41) is 0. The monoisotopic (exact) mass is 556 g/mol. The van der Waals surface area contributed by atoms with Crippen molar-refractivity contribution in [1.82, 2.24) is 0 Å². The summed E-state index contributed by atoms with van der Waals surface area (Å²) in [6, 6.07) is 0. The molecule has 0 aromatic heterocycles. The standard InChI is InChI=1S/C3H8.4HI/c1-3-2;;;;/h3H2,1-2H3;4*1H. The van der Waals surface area contributed by atoms with Crippen LogP contribution in [0.25, 0.3) is 0 Å². The Kier molecular flexibility index (Phi) is 170. The van der Waals surface area contributed by atoms with Gasteiger partial charge in [-0.1, -0.05) is 20.3 Å². The summed E-state index contributed by atoms with van der Waals surface area (Å²) >= 11 is 0. The lowest BCUT2D eigenvalue weighted by atomic mass is 10.6. The normalized spacial score (nSPS) is 2.57. The Hall–Kier alpha value is 2.92. The van der Waals surface area contributed by atoms with E-state index in [1.807, 2.05) is 0 Å². The van der Waals surface area contributed by atoms with Crippen molar-refractivity contribution in [2.75, 3.05) is 0 Å². The van der Waals surface area contributed by atoms with Crippen molar-refractivity contribution < 1.29 is 0 Å². The van der Waals surface area contributed by atoms with E-state index in [-0.39, 0.29) is 95.9 Å². The third-order valence-electron chi connectivity index (χ3n) is 0. The molecule has 0 atom stereocenters. The molecule has 0 rings (SSSR count). The quantitative estimate of drug-likeness (QED) is 0.398. The largest absolute Gasteiger partial charge is 0.107 e. The van der Waals surface area contributed by atoms with E-state index >= 15 is 0 Å². The smallest absolute Gasteiger partial charge is 0.0590 e. The first kappa shape index (κ1) is 32.6. The van der Waals surface area contributed by atoms with E-state index < -0.39 is 0 Å². The highest BCUT2D eigenvalue weighted by Crippen LogP contribution is 1.56. The summed E-state index contributed by atoms with van der Waals surface area (Å²) in [6.07, 6.45) is 1.25. The average molecular weight is 556 g/mol. The van der Waals surface area contributed by atoms with E-state index in [0.717, 1.165) is 0 Å². The minimum atomic E-state index is 0. The number of rotatable bonds is 0. The molecule has 0 amide bonds. The predicted octanol–water partition coefficient (Wildman–Crippen LogP) is 3.89. The zero-order valence-electron chi connectivity index (χ0n) is 4.34. The summed E-state index contributed by atoms with van der Waals surface area (Å²) in [4.78, 5) is 0.